The largest absolute Gasteiger partial charge is 0.459 e. The zero-order chi connectivity index (χ0) is 18.4. The first kappa shape index (κ1) is 18.7. The molecule has 0 unspecified atom stereocenters. The van der Waals surface area contributed by atoms with E-state index in [1.54, 1.807) is 12.1 Å². The van der Waals surface area contributed by atoms with E-state index >= 15 is 0 Å². The summed E-state index contributed by atoms with van der Waals surface area (Å²) in [7, 11) is 0. The number of urea groups is 1. The van der Waals surface area contributed by atoms with Crippen molar-refractivity contribution in [3.8, 4) is 0 Å². The second kappa shape index (κ2) is 9.05. The zero-order valence-electron chi connectivity index (χ0n) is 15.4. The van der Waals surface area contributed by atoms with Gasteiger partial charge in [-0.1, -0.05) is 0 Å². The number of morpholine rings is 1. The van der Waals surface area contributed by atoms with Gasteiger partial charge >= 0.3 is 6.03 Å². The minimum Gasteiger partial charge on any atom is -0.459 e. The minimum atomic E-state index is -0.0480. The molecule has 1 aromatic heterocycles. The molecule has 26 heavy (non-hydrogen) atoms. The summed E-state index contributed by atoms with van der Waals surface area (Å²) in [5.74, 6) is 0.347. The SMILES string of the molecule is CCNC(=O)N1CCO[C@H](CN2CCCN(C(=O)c3ccco3)CC2)C1. The molecule has 2 fully saturated rings. The summed E-state index contributed by atoms with van der Waals surface area (Å²) < 4.78 is 11.1. The van der Waals surface area contributed by atoms with Crippen molar-refractivity contribution in [2.75, 3.05) is 59.0 Å². The van der Waals surface area contributed by atoms with E-state index in [0.29, 0.717) is 38.5 Å². The maximum absolute atomic E-state index is 12.4. The number of rotatable bonds is 4. The molecule has 0 spiro atoms. The molecule has 3 heterocycles. The van der Waals surface area contributed by atoms with E-state index in [4.69, 9.17) is 9.15 Å². The zero-order valence-corrected chi connectivity index (χ0v) is 15.4. The highest BCUT2D eigenvalue weighted by molar-refractivity contribution is 5.91. The highest BCUT2D eigenvalue weighted by Gasteiger charge is 2.27. The Balaban J connectivity index is 1.48. The van der Waals surface area contributed by atoms with Gasteiger partial charge in [-0.15, -0.1) is 0 Å². The molecule has 0 saturated carbocycles. The maximum Gasteiger partial charge on any atom is 0.317 e. The summed E-state index contributed by atoms with van der Waals surface area (Å²) in [5.41, 5.74) is 0. The molecule has 1 aromatic rings. The predicted octanol–water partition coefficient (Wildman–Crippen LogP) is 0.858. The second-order valence-corrected chi connectivity index (χ2v) is 6.70. The molecule has 3 rings (SSSR count). The summed E-state index contributed by atoms with van der Waals surface area (Å²) in [5, 5.41) is 2.85. The lowest BCUT2D eigenvalue weighted by molar-refractivity contribution is -0.0298. The number of carbonyl (C=O) groups excluding carboxylic acids is 2. The summed E-state index contributed by atoms with van der Waals surface area (Å²) in [4.78, 5) is 30.4. The van der Waals surface area contributed by atoms with E-state index in [1.165, 1.54) is 6.26 Å². The first-order valence-corrected chi connectivity index (χ1v) is 9.37. The number of hydrogen-bond acceptors (Lipinski definition) is 5. The topological polar surface area (TPSA) is 78.3 Å². The molecule has 3 amide bonds. The first-order chi connectivity index (χ1) is 12.7. The first-order valence-electron chi connectivity index (χ1n) is 9.37. The molecule has 2 saturated heterocycles. The number of ether oxygens (including phenoxy) is 1. The van der Waals surface area contributed by atoms with Crippen LogP contribution in [0.1, 0.15) is 23.9 Å². The average Bonchev–Trinajstić information content (AvgIpc) is 3.09. The van der Waals surface area contributed by atoms with Crippen LogP contribution in [0.5, 0.6) is 0 Å². The number of nitrogens with zero attached hydrogens (tertiary/aromatic N) is 3. The number of amides is 3. The Kier molecular flexibility index (Phi) is 6.51. The molecular weight excluding hydrogens is 336 g/mol. The third-order valence-corrected chi connectivity index (χ3v) is 4.82. The van der Waals surface area contributed by atoms with Crippen LogP contribution in [0.3, 0.4) is 0 Å². The summed E-state index contributed by atoms with van der Waals surface area (Å²) in [6, 6.07) is 3.42. The molecule has 2 aliphatic heterocycles. The van der Waals surface area contributed by atoms with Crippen molar-refractivity contribution in [1.29, 1.82) is 0 Å². The lowest BCUT2D eigenvalue weighted by Crippen LogP contribution is -2.52. The van der Waals surface area contributed by atoms with Crippen molar-refractivity contribution in [2.24, 2.45) is 0 Å². The van der Waals surface area contributed by atoms with Crippen molar-refractivity contribution in [3.63, 3.8) is 0 Å². The van der Waals surface area contributed by atoms with Crippen molar-refractivity contribution >= 4 is 11.9 Å². The van der Waals surface area contributed by atoms with E-state index in [-0.39, 0.29) is 18.0 Å². The summed E-state index contributed by atoms with van der Waals surface area (Å²) in [6.07, 6.45) is 2.45. The van der Waals surface area contributed by atoms with Gasteiger partial charge in [0.1, 0.15) is 0 Å². The molecule has 8 heteroatoms. The Morgan fingerprint density at radius 2 is 2.08 bits per heavy atom. The van der Waals surface area contributed by atoms with Gasteiger partial charge in [0.05, 0.1) is 19.0 Å². The fourth-order valence-corrected chi connectivity index (χ4v) is 3.48. The highest BCUT2D eigenvalue weighted by atomic mass is 16.5. The van der Waals surface area contributed by atoms with Gasteiger partial charge in [0.25, 0.3) is 5.91 Å². The lowest BCUT2D eigenvalue weighted by atomic mass is 10.2. The number of hydrogen-bond donors (Lipinski definition) is 1. The Morgan fingerprint density at radius 3 is 2.85 bits per heavy atom. The molecule has 8 nitrogen and oxygen atoms in total. The van der Waals surface area contributed by atoms with E-state index < -0.39 is 0 Å². The molecule has 1 N–H and O–H groups in total. The molecular formula is C18H28N4O4. The normalized spacial score (nSPS) is 22.1. The van der Waals surface area contributed by atoms with Gasteiger partial charge in [-0.25, -0.2) is 4.79 Å². The third-order valence-electron chi connectivity index (χ3n) is 4.82. The Hall–Kier alpha value is -2.06. The fourth-order valence-electron chi connectivity index (χ4n) is 3.48. The molecule has 0 radical (unpaired) electrons. The van der Waals surface area contributed by atoms with Gasteiger partial charge < -0.3 is 24.3 Å². The van der Waals surface area contributed by atoms with Gasteiger partial charge in [0.2, 0.25) is 0 Å². The summed E-state index contributed by atoms with van der Waals surface area (Å²) >= 11 is 0. The van der Waals surface area contributed by atoms with Crippen LogP contribution in [0.15, 0.2) is 22.8 Å². The van der Waals surface area contributed by atoms with Crippen LogP contribution in [-0.4, -0.2) is 91.7 Å². The lowest BCUT2D eigenvalue weighted by Gasteiger charge is -2.35. The van der Waals surface area contributed by atoms with Crippen LogP contribution in [0.2, 0.25) is 0 Å². The van der Waals surface area contributed by atoms with Crippen molar-refractivity contribution in [2.45, 2.75) is 19.4 Å². The van der Waals surface area contributed by atoms with E-state index in [0.717, 1.165) is 32.6 Å². The number of nitrogens with one attached hydrogen (secondary N) is 1. The summed E-state index contributed by atoms with van der Waals surface area (Å²) in [6.45, 7) is 8.26. The van der Waals surface area contributed by atoms with Crippen molar-refractivity contribution in [3.05, 3.63) is 24.2 Å². The molecule has 144 valence electrons. The predicted molar refractivity (Wildman–Crippen MR) is 96.1 cm³/mol. The van der Waals surface area contributed by atoms with E-state index in [1.807, 2.05) is 16.7 Å². The van der Waals surface area contributed by atoms with Gasteiger partial charge in [-0.2, -0.15) is 0 Å². The number of furan rings is 1. The van der Waals surface area contributed by atoms with Crippen LogP contribution in [0, 0.1) is 0 Å². The molecule has 0 aromatic carbocycles. The Bertz CT molecular complexity index is 592. The fraction of sp³-hybridized carbons (Fsp3) is 0.667. The van der Waals surface area contributed by atoms with Crippen LogP contribution < -0.4 is 5.32 Å². The van der Waals surface area contributed by atoms with E-state index in [9.17, 15) is 9.59 Å². The van der Waals surface area contributed by atoms with Crippen molar-refractivity contribution in [1.82, 2.24) is 20.0 Å². The average molecular weight is 364 g/mol. The van der Waals surface area contributed by atoms with Gasteiger partial charge in [0.15, 0.2) is 5.76 Å². The monoisotopic (exact) mass is 364 g/mol. The molecule has 1 atom stereocenters. The smallest absolute Gasteiger partial charge is 0.317 e. The molecule has 2 aliphatic rings. The van der Waals surface area contributed by atoms with Crippen LogP contribution in [0.25, 0.3) is 0 Å². The van der Waals surface area contributed by atoms with Gasteiger partial charge in [-0.05, 0) is 32.0 Å². The van der Waals surface area contributed by atoms with Crippen LogP contribution >= 0.6 is 0 Å². The highest BCUT2D eigenvalue weighted by Crippen LogP contribution is 2.12. The molecule has 0 bridgehead atoms. The standard InChI is InChI=1S/C18H28N4O4/c1-2-19-18(24)22-10-12-25-15(14-22)13-20-6-4-7-21(9-8-20)17(23)16-5-3-11-26-16/h3,5,11,15H,2,4,6-10,12-14H2,1H3,(H,19,24)/t15-/m1/s1. The van der Waals surface area contributed by atoms with Gasteiger partial charge in [-0.3, -0.25) is 9.69 Å². The second-order valence-electron chi connectivity index (χ2n) is 6.70. The Morgan fingerprint density at radius 1 is 1.19 bits per heavy atom. The maximum atomic E-state index is 12.4. The van der Waals surface area contributed by atoms with E-state index in [2.05, 4.69) is 10.2 Å². The van der Waals surface area contributed by atoms with Crippen molar-refractivity contribution < 1.29 is 18.7 Å². The molecule has 0 aliphatic carbocycles. The minimum absolute atomic E-state index is 0.0127. The van der Waals surface area contributed by atoms with Crippen LogP contribution in [-0.2, 0) is 4.74 Å². The quantitative estimate of drug-likeness (QED) is 0.857. The third kappa shape index (κ3) is 4.76. The van der Waals surface area contributed by atoms with Gasteiger partial charge in [0, 0.05) is 45.8 Å². The Labute approximate surface area is 154 Å². The number of carbonyl (C=O) groups is 2. The van der Waals surface area contributed by atoms with Crippen LogP contribution in [0.4, 0.5) is 4.79 Å².